The Morgan fingerprint density at radius 1 is 1.40 bits per heavy atom. The van der Waals surface area contributed by atoms with E-state index in [9.17, 15) is 4.79 Å². The highest BCUT2D eigenvalue weighted by Crippen LogP contribution is 2.13. The molecule has 0 bridgehead atoms. The molecule has 3 N–H and O–H groups in total. The van der Waals surface area contributed by atoms with E-state index >= 15 is 0 Å². The standard InChI is InChI=1S/C10H11N3OS/c11-5-6-15-10-12-8-4-2-1-3-7(8)9(14)13-10/h1-4H,5-6,11H2,(H,12,13,14). The molecule has 1 aromatic heterocycles. The van der Waals surface area contributed by atoms with E-state index in [1.54, 1.807) is 6.07 Å². The van der Waals surface area contributed by atoms with Gasteiger partial charge in [0.25, 0.3) is 5.56 Å². The number of nitrogens with zero attached hydrogens (tertiary/aromatic N) is 1. The lowest BCUT2D eigenvalue weighted by Crippen LogP contribution is -2.10. The van der Waals surface area contributed by atoms with Gasteiger partial charge in [-0.3, -0.25) is 4.79 Å². The van der Waals surface area contributed by atoms with Gasteiger partial charge in [-0.25, -0.2) is 4.98 Å². The van der Waals surface area contributed by atoms with Crippen molar-refractivity contribution in [2.45, 2.75) is 5.16 Å². The summed E-state index contributed by atoms with van der Waals surface area (Å²) in [5, 5.41) is 1.25. The minimum absolute atomic E-state index is 0.0971. The summed E-state index contributed by atoms with van der Waals surface area (Å²) >= 11 is 1.46. The van der Waals surface area contributed by atoms with Crippen LogP contribution in [-0.4, -0.2) is 22.3 Å². The highest BCUT2D eigenvalue weighted by atomic mass is 32.2. The Kier molecular flexibility index (Phi) is 3.03. The maximum Gasteiger partial charge on any atom is 0.259 e. The second kappa shape index (κ2) is 4.46. The summed E-state index contributed by atoms with van der Waals surface area (Å²) < 4.78 is 0. The number of aromatic amines is 1. The van der Waals surface area contributed by atoms with Crippen molar-refractivity contribution < 1.29 is 0 Å². The second-order valence-corrected chi connectivity index (χ2v) is 4.11. The maximum atomic E-state index is 11.6. The molecule has 0 saturated heterocycles. The van der Waals surface area contributed by atoms with Gasteiger partial charge in [0.05, 0.1) is 10.9 Å². The number of hydrogen-bond acceptors (Lipinski definition) is 4. The summed E-state index contributed by atoms with van der Waals surface area (Å²) in [6.45, 7) is 0.571. The first kappa shape index (κ1) is 10.2. The average Bonchev–Trinajstić information content (AvgIpc) is 2.26. The van der Waals surface area contributed by atoms with E-state index in [0.717, 1.165) is 11.3 Å². The lowest BCUT2D eigenvalue weighted by atomic mass is 10.2. The molecule has 1 aromatic carbocycles. The molecular formula is C10H11N3OS. The predicted molar refractivity (Wildman–Crippen MR) is 62.1 cm³/mol. The van der Waals surface area contributed by atoms with Crippen LogP contribution in [0.3, 0.4) is 0 Å². The van der Waals surface area contributed by atoms with Crippen molar-refractivity contribution in [1.29, 1.82) is 0 Å². The Labute approximate surface area is 90.9 Å². The quantitative estimate of drug-likeness (QED) is 0.598. The number of nitrogens with one attached hydrogen (secondary N) is 1. The minimum Gasteiger partial charge on any atom is -0.330 e. The number of nitrogens with two attached hydrogens (primary N) is 1. The number of fused-ring (bicyclic) bond motifs is 1. The van der Waals surface area contributed by atoms with Gasteiger partial charge in [-0.15, -0.1) is 0 Å². The van der Waals surface area contributed by atoms with E-state index in [1.807, 2.05) is 18.2 Å². The molecule has 0 amide bonds. The van der Waals surface area contributed by atoms with E-state index in [0.29, 0.717) is 17.1 Å². The van der Waals surface area contributed by atoms with Crippen molar-refractivity contribution in [3.8, 4) is 0 Å². The fourth-order valence-corrected chi connectivity index (χ4v) is 1.93. The first-order valence-electron chi connectivity index (χ1n) is 4.63. The van der Waals surface area contributed by atoms with Crippen molar-refractivity contribution in [1.82, 2.24) is 9.97 Å². The van der Waals surface area contributed by atoms with Crippen molar-refractivity contribution in [2.24, 2.45) is 5.73 Å². The molecular weight excluding hydrogens is 210 g/mol. The van der Waals surface area contributed by atoms with Crippen molar-refractivity contribution in [3.05, 3.63) is 34.6 Å². The van der Waals surface area contributed by atoms with Crippen molar-refractivity contribution in [3.63, 3.8) is 0 Å². The Morgan fingerprint density at radius 2 is 2.20 bits per heavy atom. The highest BCUT2D eigenvalue weighted by Gasteiger charge is 2.02. The molecule has 0 aliphatic heterocycles. The molecule has 4 nitrogen and oxygen atoms in total. The molecule has 0 radical (unpaired) electrons. The fourth-order valence-electron chi connectivity index (χ4n) is 1.29. The SMILES string of the molecule is NCCSc1nc2ccccc2c(=O)[nH]1. The zero-order valence-corrected chi connectivity index (χ0v) is 8.88. The normalized spacial score (nSPS) is 10.7. The molecule has 2 aromatic rings. The van der Waals surface area contributed by atoms with Crippen LogP contribution in [0, 0.1) is 0 Å². The third-order valence-corrected chi connectivity index (χ3v) is 2.85. The summed E-state index contributed by atoms with van der Waals surface area (Å²) in [6.07, 6.45) is 0. The summed E-state index contributed by atoms with van der Waals surface area (Å²) in [4.78, 5) is 18.7. The molecule has 15 heavy (non-hydrogen) atoms. The third-order valence-electron chi connectivity index (χ3n) is 1.95. The van der Waals surface area contributed by atoms with Crippen LogP contribution >= 0.6 is 11.8 Å². The second-order valence-electron chi connectivity index (χ2n) is 3.03. The van der Waals surface area contributed by atoms with E-state index < -0.39 is 0 Å². The van der Waals surface area contributed by atoms with Crippen molar-refractivity contribution >= 4 is 22.7 Å². The zero-order chi connectivity index (χ0) is 10.7. The molecule has 0 aliphatic carbocycles. The number of thioether (sulfide) groups is 1. The van der Waals surface area contributed by atoms with Crippen LogP contribution in [0.2, 0.25) is 0 Å². The van der Waals surface area contributed by atoms with E-state index in [1.165, 1.54) is 11.8 Å². The first-order valence-corrected chi connectivity index (χ1v) is 5.62. The topological polar surface area (TPSA) is 71.8 Å². The van der Waals surface area contributed by atoms with Crippen LogP contribution < -0.4 is 11.3 Å². The summed E-state index contributed by atoms with van der Waals surface area (Å²) in [7, 11) is 0. The highest BCUT2D eigenvalue weighted by molar-refractivity contribution is 7.99. The van der Waals surface area contributed by atoms with Gasteiger partial charge in [-0.05, 0) is 12.1 Å². The molecule has 0 saturated carbocycles. The van der Waals surface area contributed by atoms with E-state index in [4.69, 9.17) is 5.73 Å². The number of H-pyrrole nitrogens is 1. The molecule has 5 heteroatoms. The van der Waals surface area contributed by atoms with Gasteiger partial charge in [0.1, 0.15) is 0 Å². The van der Waals surface area contributed by atoms with E-state index in [2.05, 4.69) is 9.97 Å². The Balaban J connectivity index is 2.48. The third kappa shape index (κ3) is 2.19. The van der Waals surface area contributed by atoms with Gasteiger partial charge in [0.2, 0.25) is 0 Å². The lowest BCUT2D eigenvalue weighted by Gasteiger charge is -2.00. The van der Waals surface area contributed by atoms with Crippen LogP contribution in [0.4, 0.5) is 0 Å². The number of para-hydroxylation sites is 1. The lowest BCUT2D eigenvalue weighted by molar-refractivity contribution is 0.971. The molecule has 0 fully saturated rings. The molecule has 2 rings (SSSR count). The molecule has 0 unspecified atom stereocenters. The summed E-state index contributed by atoms with van der Waals surface area (Å²) in [6, 6.07) is 7.29. The zero-order valence-electron chi connectivity index (χ0n) is 8.06. The Bertz CT molecular complexity index is 523. The van der Waals surface area contributed by atoms with Crippen LogP contribution in [-0.2, 0) is 0 Å². The Hall–Kier alpha value is -1.33. The molecule has 1 heterocycles. The van der Waals surface area contributed by atoms with Crippen LogP contribution in [0.1, 0.15) is 0 Å². The van der Waals surface area contributed by atoms with Crippen molar-refractivity contribution in [2.75, 3.05) is 12.3 Å². The average molecular weight is 221 g/mol. The van der Waals surface area contributed by atoms with E-state index in [-0.39, 0.29) is 5.56 Å². The first-order chi connectivity index (χ1) is 7.31. The van der Waals surface area contributed by atoms with Gasteiger partial charge < -0.3 is 10.7 Å². The Morgan fingerprint density at radius 3 is 3.00 bits per heavy atom. The smallest absolute Gasteiger partial charge is 0.259 e. The van der Waals surface area contributed by atoms with Gasteiger partial charge in [0.15, 0.2) is 5.16 Å². The molecule has 0 aliphatic rings. The number of rotatable bonds is 3. The van der Waals surface area contributed by atoms with Crippen LogP contribution in [0.25, 0.3) is 10.9 Å². The minimum atomic E-state index is -0.0971. The van der Waals surface area contributed by atoms with Crippen LogP contribution in [0.15, 0.2) is 34.2 Å². The summed E-state index contributed by atoms with van der Waals surface area (Å²) in [5.41, 5.74) is 6.01. The number of aromatic nitrogens is 2. The largest absolute Gasteiger partial charge is 0.330 e. The fraction of sp³-hybridized carbons (Fsp3) is 0.200. The molecule has 0 atom stereocenters. The van der Waals surface area contributed by atoms with Crippen LogP contribution in [0.5, 0.6) is 0 Å². The molecule has 0 spiro atoms. The summed E-state index contributed by atoms with van der Waals surface area (Å²) in [5.74, 6) is 0.751. The number of benzene rings is 1. The monoisotopic (exact) mass is 221 g/mol. The van der Waals surface area contributed by atoms with Gasteiger partial charge in [0, 0.05) is 12.3 Å². The maximum absolute atomic E-state index is 11.6. The van der Waals surface area contributed by atoms with Gasteiger partial charge in [-0.1, -0.05) is 23.9 Å². The molecule has 78 valence electrons. The van der Waals surface area contributed by atoms with Gasteiger partial charge in [-0.2, -0.15) is 0 Å². The van der Waals surface area contributed by atoms with Gasteiger partial charge >= 0.3 is 0 Å². The number of hydrogen-bond donors (Lipinski definition) is 2. The predicted octanol–water partition coefficient (Wildman–Crippen LogP) is 0.974.